The molecule has 4 N–H and O–H groups in total. The van der Waals surface area contributed by atoms with Gasteiger partial charge >= 0.3 is 6.09 Å². The van der Waals surface area contributed by atoms with Crippen molar-refractivity contribution in [3.8, 4) is 0 Å². The predicted octanol–water partition coefficient (Wildman–Crippen LogP) is 4.69. The van der Waals surface area contributed by atoms with Gasteiger partial charge in [-0.2, -0.15) is 0 Å². The van der Waals surface area contributed by atoms with Crippen LogP contribution < -0.4 is 21.3 Å². The number of carbonyl (C=O) groups is 7. The van der Waals surface area contributed by atoms with Crippen molar-refractivity contribution in [3.05, 3.63) is 29.8 Å². The van der Waals surface area contributed by atoms with Gasteiger partial charge in [0.25, 0.3) is 0 Å². The van der Waals surface area contributed by atoms with Gasteiger partial charge in [0.1, 0.15) is 23.7 Å². The number of alkyl carbamates (subject to hydrolysis) is 1. The Morgan fingerprint density at radius 1 is 0.826 bits per heavy atom. The van der Waals surface area contributed by atoms with Crippen molar-refractivity contribution in [2.24, 2.45) is 23.2 Å². The molecule has 1 aromatic carbocycles. The van der Waals surface area contributed by atoms with Gasteiger partial charge in [-0.05, 0) is 111 Å². The summed E-state index contributed by atoms with van der Waals surface area (Å²) >= 11 is 0. The number of hydrogen-bond acceptors (Lipinski definition) is 11. The molecule has 18 nitrogen and oxygen atoms in total. The summed E-state index contributed by atoms with van der Waals surface area (Å²) in [4.78, 5) is 101. The zero-order chi connectivity index (χ0) is 52.7. The van der Waals surface area contributed by atoms with E-state index in [2.05, 4.69) is 21.3 Å². The van der Waals surface area contributed by atoms with Gasteiger partial charge in [-0.1, -0.05) is 53.2 Å². The van der Waals surface area contributed by atoms with E-state index in [0.29, 0.717) is 38.2 Å². The molecule has 0 aliphatic carbocycles. The molecule has 1 heterocycles. The minimum absolute atomic E-state index is 0.00641. The van der Waals surface area contributed by atoms with E-state index < -0.39 is 71.2 Å². The Labute approximate surface area is 413 Å². The number of methoxy groups -OCH3 is 2. The third-order valence-electron chi connectivity index (χ3n) is 13.0. The quantitative estimate of drug-likeness (QED) is 0.106. The normalized spacial score (nSPS) is 17.7. The first-order valence-electron chi connectivity index (χ1n) is 24.5. The van der Waals surface area contributed by atoms with E-state index in [1.54, 1.807) is 82.8 Å². The number of rotatable bonds is 25. The van der Waals surface area contributed by atoms with Crippen LogP contribution in [0.4, 0.5) is 10.5 Å². The number of amides is 7. The lowest BCUT2D eigenvalue weighted by atomic mass is 9.88. The van der Waals surface area contributed by atoms with Crippen LogP contribution in [0.2, 0.25) is 0 Å². The summed E-state index contributed by atoms with van der Waals surface area (Å²) in [6.45, 7) is 23.0. The Hall–Kier alpha value is -4.81. The molecule has 1 saturated heterocycles. The van der Waals surface area contributed by atoms with Crippen LogP contribution in [0.1, 0.15) is 114 Å². The molecule has 392 valence electrons. The van der Waals surface area contributed by atoms with Crippen molar-refractivity contribution < 1.29 is 47.8 Å². The second-order valence-corrected chi connectivity index (χ2v) is 21.2. The van der Waals surface area contributed by atoms with Crippen LogP contribution in [0.25, 0.3) is 0 Å². The maximum Gasteiger partial charge on any atom is 0.408 e. The lowest BCUT2D eigenvalue weighted by molar-refractivity contribution is -0.149. The molecule has 1 aromatic rings. The Morgan fingerprint density at radius 3 is 2.00 bits per heavy atom. The Balaban J connectivity index is 2.13. The fourth-order valence-electron chi connectivity index (χ4n) is 8.99. The van der Waals surface area contributed by atoms with E-state index >= 15 is 0 Å². The molecule has 1 aliphatic heterocycles. The van der Waals surface area contributed by atoms with E-state index in [1.807, 2.05) is 79.6 Å². The highest BCUT2D eigenvalue weighted by molar-refractivity contribution is 5.98. The van der Waals surface area contributed by atoms with Gasteiger partial charge in [0.15, 0.2) is 0 Å². The molecule has 0 radical (unpaired) electrons. The molecule has 9 atom stereocenters. The van der Waals surface area contributed by atoms with Gasteiger partial charge in [-0.15, -0.1) is 0 Å². The molecule has 0 spiro atoms. The number of ether oxygens (including phenoxy) is 3. The number of carbonyl (C=O) groups excluding carboxylic acids is 7. The van der Waals surface area contributed by atoms with E-state index in [4.69, 9.17) is 14.2 Å². The number of nitrogens with zero attached hydrogens (tertiary/aromatic N) is 4. The fraction of sp³-hybridized carbons (Fsp3) is 0.745. The molecule has 2 rings (SSSR count). The van der Waals surface area contributed by atoms with E-state index in [1.165, 1.54) is 6.92 Å². The maximum absolute atomic E-state index is 14.4. The number of likely N-dealkylation sites (tertiary alicyclic amines) is 1. The summed E-state index contributed by atoms with van der Waals surface area (Å²) in [5.41, 5.74) is -0.0846. The molecule has 7 amide bonds. The van der Waals surface area contributed by atoms with Crippen LogP contribution in [-0.2, 0) is 49.4 Å². The molecule has 1 aliphatic rings. The zero-order valence-corrected chi connectivity index (χ0v) is 45.1. The molecule has 69 heavy (non-hydrogen) atoms. The SMILES string of the molecule is CC[C@H](C)[C@@H]([C@@H](CC(=O)N1CCC[C@H]1[C@H](OC)[C@@H](C)C(=O)N(C)CCc1cccc(NC(=O)[C@H](C)NC(=O)[C@H](C)NC(=O)OC(C)(C)C)c1)OC)N(C)C(=O)[C@@H](NC(=O)C(C)(C)CN(C)C)C(C)C. The first kappa shape index (κ1) is 60.3. The van der Waals surface area contributed by atoms with Crippen LogP contribution in [0.3, 0.4) is 0 Å². The van der Waals surface area contributed by atoms with Crippen LogP contribution in [0.5, 0.6) is 0 Å². The van der Waals surface area contributed by atoms with E-state index in [0.717, 1.165) is 18.4 Å². The third kappa shape index (κ3) is 18.1. The van der Waals surface area contributed by atoms with E-state index in [9.17, 15) is 33.6 Å². The molecule has 0 saturated carbocycles. The third-order valence-corrected chi connectivity index (χ3v) is 13.0. The highest BCUT2D eigenvalue weighted by Crippen LogP contribution is 2.30. The minimum Gasteiger partial charge on any atom is -0.444 e. The average molecular weight is 973 g/mol. The number of benzene rings is 1. The van der Waals surface area contributed by atoms with Crippen molar-refractivity contribution in [1.82, 2.24) is 35.6 Å². The molecule has 1 fully saturated rings. The molecular weight excluding hydrogens is 885 g/mol. The van der Waals surface area contributed by atoms with Gasteiger partial charge in [0.05, 0.1) is 42.0 Å². The van der Waals surface area contributed by atoms with Crippen LogP contribution >= 0.6 is 0 Å². The van der Waals surface area contributed by atoms with Gasteiger partial charge in [0, 0.05) is 53.6 Å². The van der Waals surface area contributed by atoms with Crippen molar-refractivity contribution in [3.63, 3.8) is 0 Å². The van der Waals surface area contributed by atoms with Gasteiger partial charge in [-0.25, -0.2) is 4.79 Å². The summed E-state index contributed by atoms with van der Waals surface area (Å²) in [7, 11) is 10.4. The standard InChI is InChI=1S/C51H88N8O10/c1-19-32(4)42(58(16)47(64)41(31(2)3)55-48(65)51(11,12)30-56(13)14)39(67-17)29-40(60)59-26-21-24-38(59)43(68-18)33(5)46(63)57(15)27-25-36-22-20-23-37(28-36)54-45(62)34(6)52-44(61)35(7)53-49(66)69-50(8,9)10/h20,22-23,28,31-35,38-39,41-43H,19,21,24-27,29-30H2,1-18H3,(H,52,61)(H,53,66)(H,54,62)(H,55,65)/t32-,33+,34-,35-,38-,39+,41-,42-,43+/m0/s1. The van der Waals surface area contributed by atoms with E-state index in [-0.39, 0.29) is 47.9 Å². The first-order valence-corrected chi connectivity index (χ1v) is 24.5. The van der Waals surface area contributed by atoms with Crippen molar-refractivity contribution in [1.29, 1.82) is 0 Å². The fourth-order valence-corrected chi connectivity index (χ4v) is 8.99. The summed E-state index contributed by atoms with van der Waals surface area (Å²) < 4.78 is 17.3. The highest BCUT2D eigenvalue weighted by atomic mass is 16.6. The summed E-state index contributed by atoms with van der Waals surface area (Å²) in [6, 6.07) is 3.76. The number of likely N-dealkylation sites (N-methyl/N-ethyl adjacent to an activating group) is 2. The average Bonchev–Trinajstić information content (AvgIpc) is 3.75. The number of nitrogens with one attached hydrogen (secondary N) is 4. The van der Waals surface area contributed by atoms with Crippen molar-refractivity contribution >= 4 is 47.2 Å². The second-order valence-electron chi connectivity index (χ2n) is 21.2. The number of anilines is 1. The molecule has 0 unspecified atom stereocenters. The molecule has 18 heteroatoms. The van der Waals surface area contributed by atoms with Crippen LogP contribution in [0.15, 0.2) is 24.3 Å². The summed E-state index contributed by atoms with van der Waals surface area (Å²) in [5, 5.41) is 10.9. The number of hydrogen-bond donors (Lipinski definition) is 4. The van der Waals surface area contributed by atoms with Crippen molar-refractivity contribution in [2.45, 2.75) is 163 Å². The minimum atomic E-state index is -0.939. The summed E-state index contributed by atoms with van der Waals surface area (Å²) in [6.07, 6.45) is 0.610. The zero-order valence-electron chi connectivity index (χ0n) is 45.1. The van der Waals surface area contributed by atoms with Gasteiger partial charge in [-0.3, -0.25) is 28.8 Å². The predicted molar refractivity (Wildman–Crippen MR) is 268 cm³/mol. The Morgan fingerprint density at radius 2 is 1.45 bits per heavy atom. The Bertz CT molecular complexity index is 1890. The second kappa shape index (κ2) is 27.0. The van der Waals surface area contributed by atoms with Crippen LogP contribution in [0, 0.1) is 23.2 Å². The van der Waals surface area contributed by atoms with Gasteiger partial charge < -0.3 is 55.1 Å². The molecule has 0 aromatic heterocycles. The van der Waals surface area contributed by atoms with Crippen LogP contribution in [-0.4, -0.2) is 171 Å². The monoisotopic (exact) mass is 973 g/mol. The maximum atomic E-state index is 14.4. The lowest BCUT2D eigenvalue weighted by Gasteiger charge is -2.41. The topological polar surface area (TPSA) is 208 Å². The molecular formula is C51H88N8O10. The largest absolute Gasteiger partial charge is 0.444 e. The smallest absolute Gasteiger partial charge is 0.408 e. The van der Waals surface area contributed by atoms with Gasteiger partial charge in [0.2, 0.25) is 35.4 Å². The lowest BCUT2D eigenvalue weighted by Crippen LogP contribution is -2.59. The van der Waals surface area contributed by atoms with Crippen molar-refractivity contribution in [2.75, 3.05) is 67.4 Å². The highest BCUT2D eigenvalue weighted by Gasteiger charge is 2.44. The first-order chi connectivity index (χ1) is 32.0. The summed E-state index contributed by atoms with van der Waals surface area (Å²) in [5.74, 6) is -2.60. The Kier molecular flexibility index (Phi) is 23.6. The molecule has 0 bridgehead atoms.